The van der Waals surface area contributed by atoms with Gasteiger partial charge < -0.3 is 35.1 Å². The van der Waals surface area contributed by atoms with Crippen LogP contribution in [-0.2, 0) is 30.4 Å². The van der Waals surface area contributed by atoms with Crippen molar-refractivity contribution in [1.82, 2.24) is 20.9 Å². The van der Waals surface area contributed by atoms with Gasteiger partial charge in [-0.3, -0.25) is 9.59 Å². The first-order valence-electron chi connectivity index (χ1n) is 19.8. The molecule has 0 bridgehead atoms. The molecule has 0 fully saturated rings. The molecule has 0 aliphatic heterocycles. The lowest BCUT2D eigenvalue weighted by atomic mass is 9.95. The van der Waals surface area contributed by atoms with E-state index in [0.29, 0.717) is 6.42 Å². The highest BCUT2D eigenvalue weighted by molar-refractivity contribution is 5.88. The minimum absolute atomic E-state index is 0.00660. The number of alkyl carbamates (subject to hydrolysis) is 3. The molecule has 1 aliphatic rings. The highest BCUT2D eigenvalue weighted by Gasteiger charge is 2.32. The van der Waals surface area contributed by atoms with Crippen molar-refractivity contribution < 1.29 is 38.2 Å². The molecule has 4 amide bonds. The third kappa shape index (κ3) is 12.7. The number of fused-ring (bicyclic) bond motifs is 3. The minimum Gasteiger partial charge on any atom is -0.449 e. The van der Waals surface area contributed by atoms with Crippen LogP contribution >= 0.6 is 0 Å². The van der Waals surface area contributed by atoms with Crippen LogP contribution in [-0.4, -0.2) is 79.3 Å². The van der Waals surface area contributed by atoms with Crippen molar-refractivity contribution in [3.63, 3.8) is 0 Å². The lowest BCUT2D eigenvalue weighted by Crippen LogP contribution is -2.51. The van der Waals surface area contributed by atoms with Crippen molar-refractivity contribution >= 4 is 30.0 Å². The summed E-state index contributed by atoms with van der Waals surface area (Å²) < 4.78 is 16.5. The van der Waals surface area contributed by atoms with Gasteiger partial charge in [-0.15, -0.1) is 0 Å². The van der Waals surface area contributed by atoms with Gasteiger partial charge in [0.05, 0.1) is 6.54 Å². The summed E-state index contributed by atoms with van der Waals surface area (Å²) >= 11 is 0. The number of carbonyl (C=O) groups excluding carboxylic acids is 5. The fourth-order valence-corrected chi connectivity index (χ4v) is 6.94. The Bertz CT molecular complexity index is 1950. The molecule has 0 aromatic heterocycles. The van der Waals surface area contributed by atoms with Gasteiger partial charge in [0.2, 0.25) is 5.91 Å². The first kappa shape index (κ1) is 43.0. The molecule has 1 aliphatic carbocycles. The van der Waals surface area contributed by atoms with Crippen LogP contribution < -0.4 is 16.0 Å². The predicted molar refractivity (Wildman–Crippen MR) is 221 cm³/mol. The summed E-state index contributed by atoms with van der Waals surface area (Å²) in [6, 6.07) is 33.8. The summed E-state index contributed by atoms with van der Waals surface area (Å²) in [5.74, 6) is -1.03. The quantitative estimate of drug-likeness (QED) is 0.0867. The lowest BCUT2D eigenvalue weighted by Gasteiger charge is -2.31. The molecule has 1 unspecified atom stereocenters. The molecule has 0 saturated carbocycles. The Hall–Kier alpha value is -6.17. The monoisotopic (exact) mass is 790 g/mol. The fraction of sp³-hybridized carbons (Fsp3) is 0.370. The second-order valence-electron chi connectivity index (χ2n) is 15.2. The van der Waals surface area contributed by atoms with Gasteiger partial charge in [0.15, 0.2) is 5.78 Å². The molecule has 3 N–H and O–H groups in total. The first-order chi connectivity index (χ1) is 27.9. The van der Waals surface area contributed by atoms with Crippen LogP contribution in [0.2, 0.25) is 0 Å². The number of Topliss-reactive ketones (excluding diaryl/α,β-unsaturated/α-hetero) is 1. The van der Waals surface area contributed by atoms with E-state index < -0.39 is 35.8 Å². The Morgan fingerprint density at radius 1 is 0.724 bits per heavy atom. The average molecular weight is 791 g/mol. The van der Waals surface area contributed by atoms with Crippen molar-refractivity contribution in [2.24, 2.45) is 0 Å². The van der Waals surface area contributed by atoms with Gasteiger partial charge in [-0.2, -0.15) is 0 Å². The van der Waals surface area contributed by atoms with E-state index in [1.807, 2.05) is 116 Å². The van der Waals surface area contributed by atoms with Gasteiger partial charge in [0.25, 0.3) is 0 Å². The zero-order valence-electron chi connectivity index (χ0n) is 33.7. The second-order valence-corrected chi connectivity index (χ2v) is 15.2. The van der Waals surface area contributed by atoms with Crippen LogP contribution in [0.15, 0.2) is 109 Å². The molecule has 12 heteroatoms. The van der Waals surface area contributed by atoms with Crippen LogP contribution in [0.5, 0.6) is 0 Å². The van der Waals surface area contributed by atoms with Crippen molar-refractivity contribution in [1.29, 1.82) is 0 Å². The zero-order valence-corrected chi connectivity index (χ0v) is 33.7. The number of nitrogens with one attached hydrogen (secondary N) is 3. The lowest BCUT2D eigenvalue weighted by molar-refractivity contribution is -0.134. The van der Waals surface area contributed by atoms with E-state index in [9.17, 15) is 24.0 Å². The molecule has 0 spiro atoms. The van der Waals surface area contributed by atoms with Gasteiger partial charge in [0, 0.05) is 37.9 Å². The Labute approximate surface area is 340 Å². The molecule has 12 nitrogen and oxygen atoms in total. The number of amides is 4. The third-order valence-electron chi connectivity index (χ3n) is 9.85. The number of rotatable bonds is 18. The van der Waals surface area contributed by atoms with Crippen molar-refractivity contribution in [3.05, 3.63) is 131 Å². The standard InChI is InChI=1S/C46H54N4O8/c1-5-33(34-18-10-7-11-19-34)29-50(27-25-35(51)28-48-43(53)56-30-32-16-8-6-9-17-32)42(52)41(24-26-47-44(54)58-46(2,3)4)49-45(55)57-31-40-38-22-14-12-20-36(38)37-21-13-15-23-39(37)40/h6-23,33,40-41H,5,24-31H2,1-4H3,(H,47,54)(H,48,53)(H,49,55)/t33?,41-/m0/s1. The smallest absolute Gasteiger partial charge is 0.407 e. The molecule has 4 aromatic rings. The molecule has 2 atom stereocenters. The number of carbonyl (C=O) groups is 5. The highest BCUT2D eigenvalue weighted by atomic mass is 16.6. The van der Waals surface area contributed by atoms with Gasteiger partial charge in [-0.1, -0.05) is 116 Å². The summed E-state index contributed by atoms with van der Waals surface area (Å²) in [7, 11) is 0. The highest BCUT2D eigenvalue weighted by Crippen LogP contribution is 2.44. The maximum absolute atomic E-state index is 14.6. The number of ketones is 1. The van der Waals surface area contributed by atoms with E-state index in [4.69, 9.17) is 14.2 Å². The molecule has 58 heavy (non-hydrogen) atoms. The topological polar surface area (TPSA) is 152 Å². The van der Waals surface area contributed by atoms with E-state index in [0.717, 1.165) is 33.4 Å². The van der Waals surface area contributed by atoms with Gasteiger partial charge >= 0.3 is 18.3 Å². The normalized spacial score (nSPS) is 12.9. The molecule has 4 aromatic carbocycles. The zero-order chi connectivity index (χ0) is 41.5. The van der Waals surface area contributed by atoms with Crippen molar-refractivity contribution in [3.8, 4) is 11.1 Å². The molecule has 5 rings (SSSR count). The van der Waals surface area contributed by atoms with E-state index in [2.05, 4.69) is 16.0 Å². The maximum Gasteiger partial charge on any atom is 0.407 e. The van der Waals surface area contributed by atoms with E-state index >= 15 is 0 Å². The summed E-state index contributed by atoms with van der Waals surface area (Å²) in [5.41, 5.74) is 5.36. The number of hydrogen-bond donors (Lipinski definition) is 3. The van der Waals surface area contributed by atoms with E-state index in [1.165, 1.54) is 0 Å². The van der Waals surface area contributed by atoms with Gasteiger partial charge in [-0.05, 0) is 67.0 Å². The van der Waals surface area contributed by atoms with Crippen LogP contribution in [0.4, 0.5) is 14.4 Å². The average Bonchev–Trinajstić information content (AvgIpc) is 3.54. The SMILES string of the molecule is CCC(CN(CCC(=O)CNC(=O)OCc1ccccc1)C(=O)[C@H](CCNC(=O)OC(C)(C)C)NC(=O)OCC1c2ccccc2-c2ccccc21)c1ccccc1. The molecule has 0 radical (unpaired) electrons. The molecule has 306 valence electrons. The van der Waals surface area contributed by atoms with E-state index in [-0.39, 0.29) is 69.9 Å². The Morgan fingerprint density at radius 3 is 1.95 bits per heavy atom. The molecular formula is C46H54N4O8. The molecule has 0 saturated heterocycles. The van der Waals surface area contributed by atoms with Crippen LogP contribution in [0, 0.1) is 0 Å². The van der Waals surface area contributed by atoms with Gasteiger partial charge in [0.1, 0.15) is 24.9 Å². The summed E-state index contributed by atoms with van der Waals surface area (Å²) in [5, 5.41) is 7.95. The van der Waals surface area contributed by atoms with Crippen molar-refractivity contribution in [2.45, 2.75) is 77.0 Å². The minimum atomic E-state index is -1.12. The largest absolute Gasteiger partial charge is 0.449 e. The van der Waals surface area contributed by atoms with Crippen LogP contribution in [0.25, 0.3) is 11.1 Å². The Kier molecular flexibility index (Phi) is 15.4. The summed E-state index contributed by atoms with van der Waals surface area (Å²) in [6.07, 6.45) is -1.53. The Morgan fingerprint density at radius 2 is 1.33 bits per heavy atom. The van der Waals surface area contributed by atoms with Gasteiger partial charge in [-0.25, -0.2) is 14.4 Å². The molecular weight excluding hydrogens is 737 g/mol. The first-order valence-corrected chi connectivity index (χ1v) is 19.8. The number of hydrogen-bond acceptors (Lipinski definition) is 8. The fourth-order valence-electron chi connectivity index (χ4n) is 6.94. The summed E-state index contributed by atoms with van der Waals surface area (Å²) in [6.45, 7) is 7.35. The van der Waals surface area contributed by atoms with Crippen molar-refractivity contribution in [2.75, 3.05) is 32.8 Å². The van der Waals surface area contributed by atoms with E-state index in [1.54, 1.807) is 25.7 Å². The van der Waals surface area contributed by atoms with Crippen LogP contribution in [0.1, 0.15) is 81.0 Å². The van der Waals surface area contributed by atoms with Crippen LogP contribution in [0.3, 0.4) is 0 Å². The number of ether oxygens (including phenoxy) is 3. The predicted octanol–water partition coefficient (Wildman–Crippen LogP) is 7.72. The number of nitrogens with zero attached hydrogens (tertiary/aromatic N) is 1. The molecule has 0 heterocycles. The maximum atomic E-state index is 14.6. The second kappa shape index (κ2) is 20.8. The Balaban J connectivity index is 1.29. The number of benzene rings is 4. The third-order valence-corrected chi connectivity index (χ3v) is 9.85. The summed E-state index contributed by atoms with van der Waals surface area (Å²) in [4.78, 5) is 67.7.